The van der Waals surface area contributed by atoms with E-state index in [1.807, 2.05) is 61.5 Å². The van der Waals surface area contributed by atoms with E-state index < -0.39 is 23.4 Å². The molecule has 1 atom stereocenters. The van der Waals surface area contributed by atoms with Gasteiger partial charge in [-0.25, -0.2) is 4.79 Å². The van der Waals surface area contributed by atoms with E-state index in [-0.39, 0.29) is 19.3 Å². The molecule has 176 valence electrons. The molecule has 6 nitrogen and oxygen atoms in total. The van der Waals surface area contributed by atoms with Crippen molar-refractivity contribution in [2.75, 3.05) is 0 Å². The molecule has 0 radical (unpaired) electrons. The molecule has 0 aromatic heterocycles. The van der Waals surface area contributed by atoms with Crippen LogP contribution in [0.4, 0.5) is 0 Å². The molecule has 1 fully saturated rings. The van der Waals surface area contributed by atoms with Crippen LogP contribution >= 0.6 is 11.8 Å². The van der Waals surface area contributed by atoms with Gasteiger partial charge in [-0.3, -0.25) is 9.59 Å². The molecule has 0 aliphatic carbocycles. The number of amides is 2. The monoisotopic (exact) mass is 477 g/mol. The van der Waals surface area contributed by atoms with Crippen molar-refractivity contribution < 1.29 is 24.3 Å². The molecule has 4 rings (SSSR count). The fourth-order valence-corrected chi connectivity index (χ4v) is 5.65. The van der Waals surface area contributed by atoms with Crippen molar-refractivity contribution in [3.8, 4) is 0 Å². The third-order valence-electron chi connectivity index (χ3n) is 6.02. The Morgan fingerprint density at radius 2 is 1.79 bits per heavy atom. The number of hydrogen-bond donors (Lipinski definition) is 1. The van der Waals surface area contributed by atoms with Gasteiger partial charge in [-0.1, -0.05) is 73.3 Å². The van der Waals surface area contributed by atoms with Crippen molar-refractivity contribution in [3.63, 3.8) is 0 Å². The van der Waals surface area contributed by atoms with Crippen LogP contribution in [0.3, 0.4) is 0 Å². The fourth-order valence-electron chi connectivity index (χ4n) is 4.31. The average Bonchev–Trinajstić information content (AvgIpc) is 3.15. The zero-order valence-electron chi connectivity index (χ0n) is 19.2. The fraction of sp³-hybridized carbons (Fsp3) is 0.296. The minimum Gasteiger partial charge on any atom is -0.376 e. The van der Waals surface area contributed by atoms with Gasteiger partial charge in [0.1, 0.15) is 5.60 Å². The Morgan fingerprint density at radius 1 is 1.12 bits per heavy atom. The summed E-state index contributed by atoms with van der Waals surface area (Å²) >= 11 is 1.67. The summed E-state index contributed by atoms with van der Waals surface area (Å²) in [5.41, 5.74) is 2.04. The minimum absolute atomic E-state index is 0.0314. The van der Waals surface area contributed by atoms with Gasteiger partial charge in [-0.15, -0.1) is 5.06 Å². The normalized spacial score (nSPS) is 22.4. The van der Waals surface area contributed by atoms with Gasteiger partial charge in [0.15, 0.2) is 0 Å². The second-order valence-electron chi connectivity index (χ2n) is 8.23. The summed E-state index contributed by atoms with van der Waals surface area (Å²) in [7, 11) is 0. The molecule has 2 aromatic carbocycles. The molecular weight excluding hydrogens is 450 g/mol. The van der Waals surface area contributed by atoms with Crippen molar-refractivity contribution in [1.29, 1.82) is 0 Å². The van der Waals surface area contributed by atoms with E-state index in [2.05, 4.69) is 13.0 Å². The number of thioether (sulfide) groups is 1. The van der Waals surface area contributed by atoms with Gasteiger partial charge in [-0.2, -0.15) is 0 Å². The van der Waals surface area contributed by atoms with Gasteiger partial charge in [0, 0.05) is 33.8 Å². The topological polar surface area (TPSA) is 83.9 Å². The van der Waals surface area contributed by atoms with E-state index in [0.717, 1.165) is 38.5 Å². The van der Waals surface area contributed by atoms with Crippen LogP contribution < -0.4 is 0 Å². The number of imide groups is 1. The van der Waals surface area contributed by atoms with Gasteiger partial charge in [-0.05, 0) is 37.0 Å². The van der Waals surface area contributed by atoms with Crippen molar-refractivity contribution in [1.82, 2.24) is 5.06 Å². The Balaban J connectivity index is 1.54. The van der Waals surface area contributed by atoms with Crippen LogP contribution in [0.15, 0.2) is 76.1 Å². The number of nitrogens with zero attached hydrogens (tertiary/aromatic N) is 1. The Bertz CT molecular complexity index is 1170. The molecule has 7 heteroatoms. The molecule has 1 unspecified atom stereocenters. The van der Waals surface area contributed by atoms with Crippen molar-refractivity contribution in [2.24, 2.45) is 0 Å². The second kappa shape index (κ2) is 9.99. The van der Waals surface area contributed by atoms with Crippen LogP contribution in [-0.2, 0) is 31.2 Å². The third kappa shape index (κ3) is 4.45. The van der Waals surface area contributed by atoms with Crippen LogP contribution in [0.25, 0.3) is 0 Å². The van der Waals surface area contributed by atoms with Crippen LogP contribution in [-0.4, -0.2) is 28.0 Å². The Hall–Kier alpha value is -3.16. The van der Waals surface area contributed by atoms with Crippen molar-refractivity contribution >= 4 is 29.5 Å². The van der Waals surface area contributed by atoms with Crippen LogP contribution in [0.2, 0.25) is 0 Å². The SMILES string of the molecule is C/C=C1\C(=C/CC)Sc2ccccc2C1(O)c1ccc(CCC(=O)ON2C(=O)CCC2=O)cc1. The number of fused-ring (bicyclic) bond motifs is 1. The third-order valence-corrected chi connectivity index (χ3v) is 7.20. The summed E-state index contributed by atoms with van der Waals surface area (Å²) in [6, 6.07) is 15.4. The maximum Gasteiger partial charge on any atom is 0.333 e. The molecule has 0 spiro atoms. The average molecular weight is 478 g/mol. The molecule has 34 heavy (non-hydrogen) atoms. The number of rotatable bonds is 6. The van der Waals surface area contributed by atoms with Gasteiger partial charge in [0.2, 0.25) is 0 Å². The lowest BCUT2D eigenvalue weighted by atomic mass is 9.78. The lowest BCUT2D eigenvalue weighted by Crippen LogP contribution is -2.33. The minimum atomic E-state index is -1.29. The summed E-state index contributed by atoms with van der Waals surface area (Å²) in [4.78, 5) is 42.3. The number of aryl methyl sites for hydroxylation is 1. The number of hydrogen-bond acceptors (Lipinski definition) is 6. The zero-order chi connectivity index (χ0) is 24.3. The quantitative estimate of drug-likeness (QED) is 0.601. The molecule has 1 N–H and O–H groups in total. The van der Waals surface area contributed by atoms with Gasteiger partial charge in [0.05, 0.1) is 6.42 Å². The molecule has 0 bridgehead atoms. The summed E-state index contributed by atoms with van der Waals surface area (Å²) in [6.07, 6.45) is 5.53. The Labute approximate surface area is 203 Å². The number of allylic oxidation sites excluding steroid dienone is 2. The largest absolute Gasteiger partial charge is 0.376 e. The highest BCUT2D eigenvalue weighted by Crippen LogP contribution is 2.53. The number of aliphatic hydroxyl groups is 1. The highest BCUT2D eigenvalue weighted by Gasteiger charge is 2.42. The molecule has 1 saturated heterocycles. The number of benzene rings is 2. The molecular formula is C27H27NO5S. The summed E-state index contributed by atoms with van der Waals surface area (Å²) < 4.78 is 0. The summed E-state index contributed by atoms with van der Waals surface area (Å²) in [6.45, 7) is 4.02. The highest BCUT2D eigenvalue weighted by atomic mass is 32.2. The number of carbonyl (C=O) groups excluding carboxylic acids is 3. The number of hydroxylamine groups is 2. The first-order chi connectivity index (χ1) is 16.4. The maximum atomic E-state index is 12.1. The van der Waals surface area contributed by atoms with Gasteiger partial charge in [0.25, 0.3) is 11.8 Å². The van der Waals surface area contributed by atoms with E-state index >= 15 is 0 Å². The molecule has 2 amide bonds. The second-order valence-corrected chi connectivity index (χ2v) is 9.31. The lowest BCUT2D eigenvalue weighted by Gasteiger charge is -2.38. The van der Waals surface area contributed by atoms with Crippen molar-refractivity contribution in [3.05, 3.63) is 87.9 Å². The molecule has 2 aliphatic heterocycles. The molecule has 0 saturated carbocycles. The van der Waals surface area contributed by atoms with Crippen LogP contribution in [0, 0.1) is 0 Å². The smallest absolute Gasteiger partial charge is 0.333 e. The molecule has 2 aliphatic rings. The van der Waals surface area contributed by atoms with Gasteiger partial charge >= 0.3 is 5.97 Å². The molecule has 2 aromatic rings. The van der Waals surface area contributed by atoms with E-state index in [9.17, 15) is 19.5 Å². The Morgan fingerprint density at radius 3 is 2.44 bits per heavy atom. The Kier molecular flexibility index (Phi) is 7.05. The van der Waals surface area contributed by atoms with E-state index in [0.29, 0.717) is 11.5 Å². The van der Waals surface area contributed by atoms with Gasteiger partial charge < -0.3 is 9.94 Å². The predicted octanol–water partition coefficient (Wildman–Crippen LogP) is 4.81. The van der Waals surface area contributed by atoms with Crippen molar-refractivity contribution in [2.45, 2.75) is 56.4 Å². The van der Waals surface area contributed by atoms with E-state index in [1.165, 1.54) is 0 Å². The number of carbonyl (C=O) groups is 3. The lowest BCUT2D eigenvalue weighted by molar-refractivity contribution is -0.197. The van der Waals surface area contributed by atoms with Crippen LogP contribution in [0.1, 0.15) is 56.2 Å². The summed E-state index contributed by atoms with van der Waals surface area (Å²) in [5.74, 6) is -1.61. The first kappa shape index (κ1) is 24.0. The van der Waals surface area contributed by atoms with Crippen LogP contribution in [0.5, 0.6) is 0 Å². The van der Waals surface area contributed by atoms with E-state index in [1.54, 1.807) is 11.8 Å². The molecule has 2 heterocycles. The predicted molar refractivity (Wildman–Crippen MR) is 129 cm³/mol. The zero-order valence-corrected chi connectivity index (χ0v) is 20.1. The maximum absolute atomic E-state index is 12.1. The van der Waals surface area contributed by atoms with E-state index in [4.69, 9.17) is 4.84 Å². The highest BCUT2D eigenvalue weighted by molar-refractivity contribution is 8.03. The first-order valence-electron chi connectivity index (χ1n) is 11.4. The standard InChI is InChI=1S/C27H27NO5S/c1-3-7-22-20(4-2)27(32,21-8-5-6-9-23(21)34-22)19-13-10-18(11-14-19)12-17-26(31)33-28-24(29)15-16-25(28)30/h4-11,13-14,32H,3,12,15-17H2,1-2H3/b20-4+,22-7+. The first-order valence-corrected chi connectivity index (χ1v) is 12.2. The summed E-state index contributed by atoms with van der Waals surface area (Å²) in [5, 5.41) is 12.7.